The highest BCUT2D eigenvalue weighted by Gasteiger charge is 2.33. The lowest BCUT2D eigenvalue weighted by atomic mass is 9.69. The van der Waals surface area contributed by atoms with E-state index < -0.39 is 0 Å². The lowest BCUT2D eigenvalue weighted by Crippen LogP contribution is -2.44. The third-order valence-corrected chi connectivity index (χ3v) is 4.57. The van der Waals surface area contributed by atoms with E-state index >= 15 is 0 Å². The summed E-state index contributed by atoms with van der Waals surface area (Å²) in [5.74, 6) is 0.877. The normalized spacial score (nSPS) is 25.3. The van der Waals surface area contributed by atoms with Crippen molar-refractivity contribution in [2.45, 2.75) is 91.5 Å². The molecule has 0 aromatic heterocycles. The molecule has 1 aliphatic carbocycles. The predicted molar refractivity (Wildman–Crippen MR) is 82.0 cm³/mol. The quantitative estimate of drug-likeness (QED) is 0.619. The minimum Gasteiger partial charge on any atom is -0.314 e. The summed E-state index contributed by atoms with van der Waals surface area (Å²) < 4.78 is 0. The molecule has 0 aromatic rings. The molecule has 0 heterocycles. The van der Waals surface area contributed by atoms with Crippen LogP contribution in [0, 0.1) is 11.3 Å². The monoisotopic (exact) mass is 253 g/mol. The summed E-state index contributed by atoms with van der Waals surface area (Å²) in [6, 6.07) is 0.782. The van der Waals surface area contributed by atoms with Crippen molar-refractivity contribution in [3.05, 3.63) is 0 Å². The van der Waals surface area contributed by atoms with Crippen LogP contribution in [0.3, 0.4) is 0 Å². The van der Waals surface area contributed by atoms with Gasteiger partial charge in [-0.2, -0.15) is 0 Å². The molecular weight excluding hydrogens is 218 g/mol. The first kappa shape index (κ1) is 16.0. The van der Waals surface area contributed by atoms with Crippen LogP contribution in [0.5, 0.6) is 0 Å². The molecule has 0 amide bonds. The maximum atomic E-state index is 3.86. The van der Waals surface area contributed by atoms with Gasteiger partial charge in [-0.3, -0.25) is 0 Å². The van der Waals surface area contributed by atoms with E-state index in [1.54, 1.807) is 0 Å². The molecule has 1 N–H and O–H groups in total. The largest absolute Gasteiger partial charge is 0.314 e. The van der Waals surface area contributed by atoms with E-state index in [4.69, 9.17) is 0 Å². The molecule has 0 aliphatic heterocycles. The number of rotatable bonds is 7. The minimum atomic E-state index is 0.473. The lowest BCUT2D eigenvalue weighted by molar-refractivity contribution is 0.131. The zero-order chi connectivity index (χ0) is 13.4. The van der Waals surface area contributed by atoms with Crippen molar-refractivity contribution in [2.75, 3.05) is 6.54 Å². The highest BCUT2D eigenvalue weighted by Crippen LogP contribution is 2.37. The van der Waals surface area contributed by atoms with Gasteiger partial charge in [-0.25, -0.2) is 0 Å². The Hall–Kier alpha value is -0.0400. The topological polar surface area (TPSA) is 12.0 Å². The Bertz CT molecular complexity index is 204. The second kappa shape index (κ2) is 8.19. The minimum absolute atomic E-state index is 0.473. The molecule has 1 nitrogen and oxygen atoms in total. The summed E-state index contributed by atoms with van der Waals surface area (Å²) in [6.45, 7) is 10.8. The van der Waals surface area contributed by atoms with Crippen LogP contribution in [0.2, 0.25) is 0 Å². The zero-order valence-corrected chi connectivity index (χ0v) is 13.2. The molecule has 1 fully saturated rings. The van der Waals surface area contributed by atoms with E-state index in [9.17, 15) is 0 Å². The molecular formula is C17H35N. The first-order chi connectivity index (χ1) is 8.55. The number of hydrogen-bond acceptors (Lipinski definition) is 1. The fourth-order valence-electron chi connectivity index (χ4n) is 3.43. The Balaban J connectivity index is 2.21. The van der Waals surface area contributed by atoms with Crippen molar-refractivity contribution >= 4 is 0 Å². The Morgan fingerprint density at radius 3 is 2.28 bits per heavy atom. The molecule has 2 unspecified atom stereocenters. The van der Waals surface area contributed by atoms with E-state index in [-0.39, 0.29) is 0 Å². The van der Waals surface area contributed by atoms with Crippen LogP contribution >= 0.6 is 0 Å². The first-order valence-corrected chi connectivity index (χ1v) is 8.29. The van der Waals surface area contributed by atoms with Gasteiger partial charge in [0.2, 0.25) is 0 Å². The van der Waals surface area contributed by atoms with Gasteiger partial charge in [-0.05, 0) is 37.1 Å². The third kappa shape index (κ3) is 5.73. The van der Waals surface area contributed by atoms with Crippen molar-refractivity contribution in [3.8, 4) is 0 Å². The summed E-state index contributed by atoms with van der Waals surface area (Å²) in [4.78, 5) is 0. The van der Waals surface area contributed by atoms with Crippen LogP contribution < -0.4 is 5.32 Å². The summed E-state index contributed by atoms with van der Waals surface area (Å²) in [7, 11) is 0. The van der Waals surface area contributed by atoms with Crippen LogP contribution in [0.1, 0.15) is 85.5 Å². The average molecular weight is 253 g/mol. The van der Waals surface area contributed by atoms with Gasteiger partial charge < -0.3 is 5.32 Å². The summed E-state index contributed by atoms with van der Waals surface area (Å²) >= 11 is 0. The summed E-state index contributed by atoms with van der Waals surface area (Å²) in [6.07, 6.45) is 12.7. The molecule has 1 heteroatoms. The van der Waals surface area contributed by atoms with Gasteiger partial charge >= 0.3 is 0 Å². The molecule has 108 valence electrons. The molecule has 0 spiro atoms. The predicted octanol–water partition coefficient (Wildman–Crippen LogP) is 5.15. The SMILES string of the molecule is CCCCCCCNC1CCCCC1C(C)(C)C. The van der Waals surface area contributed by atoms with E-state index in [1.807, 2.05) is 0 Å². The number of nitrogens with one attached hydrogen (secondary N) is 1. The molecule has 1 saturated carbocycles. The Morgan fingerprint density at radius 1 is 0.944 bits per heavy atom. The van der Waals surface area contributed by atoms with Crippen molar-refractivity contribution in [2.24, 2.45) is 11.3 Å². The van der Waals surface area contributed by atoms with Crippen molar-refractivity contribution in [3.63, 3.8) is 0 Å². The average Bonchev–Trinajstić information content (AvgIpc) is 2.33. The highest BCUT2D eigenvalue weighted by molar-refractivity contribution is 4.88. The number of hydrogen-bond donors (Lipinski definition) is 1. The highest BCUT2D eigenvalue weighted by atomic mass is 14.9. The smallest absolute Gasteiger partial charge is 0.0100 e. The Morgan fingerprint density at radius 2 is 1.61 bits per heavy atom. The van der Waals surface area contributed by atoms with Crippen LogP contribution in [-0.4, -0.2) is 12.6 Å². The Labute approximate surface area is 115 Å². The fourth-order valence-corrected chi connectivity index (χ4v) is 3.43. The van der Waals surface area contributed by atoms with E-state index in [1.165, 1.54) is 64.3 Å². The van der Waals surface area contributed by atoms with E-state index in [0.29, 0.717) is 5.41 Å². The molecule has 0 saturated heterocycles. The second-order valence-corrected chi connectivity index (χ2v) is 7.23. The van der Waals surface area contributed by atoms with Gasteiger partial charge in [0.05, 0.1) is 0 Å². The van der Waals surface area contributed by atoms with Crippen molar-refractivity contribution in [1.29, 1.82) is 0 Å². The van der Waals surface area contributed by atoms with Gasteiger partial charge in [0, 0.05) is 6.04 Å². The van der Waals surface area contributed by atoms with Gasteiger partial charge in [0.1, 0.15) is 0 Å². The molecule has 2 atom stereocenters. The van der Waals surface area contributed by atoms with E-state index in [0.717, 1.165) is 12.0 Å². The molecule has 18 heavy (non-hydrogen) atoms. The van der Waals surface area contributed by atoms with Gasteiger partial charge in [0.25, 0.3) is 0 Å². The Kier molecular flexibility index (Phi) is 7.29. The van der Waals surface area contributed by atoms with Crippen LogP contribution in [0.15, 0.2) is 0 Å². The van der Waals surface area contributed by atoms with Gasteiger partial charge in [0.15, 0.2) is 0 Å². The molecule has 0 radical (unpaired) electrons. The molecule has 0 bridgehead atoms. The molecule has 1 rings (SSSR count). The van der Waals surface area contributed by atoms with Crippen LogP contribution in [-0.2, 0) is 0 Å². The maximum Gasteiger partial charge on any atom is 0.0100 e. The first-order valence-electron chi connectivity index (χ1n) is 8.29. The summed E-state index contributed by atoms with van der Waals surface area (Å²) in [5.41, 5.74) is 0.473. The zero-order valence-electron chi connectivity index (χ0n) is 13.2. The second-order valence-electron chi connectivity index (χ2n) is 7.23. The molecule has 0 aromatic carbocycles. The number of unbranched alkanes of at least 4 members (excludes halogenated alkanes) is 4. The van der Waals surface area contributed by atoms with Gasteiger partial charge in [-0.1, -0.05) is 66.2 Å². The molecule has 1 aliphatic rings. The maximum absolute atomic E-state index is 3.86. The van der Waals surface area contributed by atoms with Crippen LogP contribution in [0.4, 0.5) is 0 Å². The van der Waals surface area contributed by atoms with Crippen molar-refractivity contribution < 1.29 is 0 Å². The van der Waals surface area contributed by atoms with Gasteiger partial charge in [-0.15, -0.1) is 0 Å². The summed E-state index contributed by atoms with van der Waals surface area (Å²) in [5, 5.41) is 3.86. The lowest BCUT2D eigenvalue weighted by Gasteiger charge is -2.41. The van der Waals surface area contributed by atoms with Crippen LogP contribution in [0.25, 0.3) is 0 Å². The standard InChI is InChI=1S/C17H35N/c1-5-6-7-8-11-14-18-16-13-10-9-12-15(16)17(2,3)4/h15-16,18H,5-14H2,1-4H3. The van der Waals surface area contributed by atoms with E-state index in [2.05, 4.69) is 33.0 Å². The third-order valence-electron chi connectivity index (χ3n) is 4.57. The fraction of sp³-hybridized carbons (Fsp3) is 1.00. The van der Waals surface area contributed by atoms with Crippen molar-refractivity contribution in [1.82, 2.24) is 5.32 Å².